The SMILES string of the molecule is CCOC(=O)C(CSc1nc2ccccc2s1)CC(=O)O. The topological polar surface area (TPSA) is 76.5 Å². The van der Waals surface area contributed by atoms with Crippen LogP contribution < -0.4 is 0 Å². The number of ether oxygens (including phenoxy) is 1. The number of carboxylic acids is 1. The highest BCUT2D eigenvalue weighted by Crippen LogP contribution is 2.31. The normalized spacial score (nSPS) is 12.2. The summed E-state index contributed by atoms with van der Waals surface area (Å²) in [6.45, 7) is 1.96. The van der Waals surface area contributed by atoms with Gasteiger partial charge >= 0.3 is 11.9 Å². The van der Waals surface area contributed by atoms with Gasteiger partial charge in [-0.05, 0) is 19.1 Å². The van der Waals surface area contributed by atoms with Crippen molar-refractivity contribution in [2.45, 2.75) is 17.7 Å². The Morgan fingerprint density at radius 3 is 2.86 bits per heavy atom. The molecule has 0 saturated carbocycles. The van der Waals surface area contributed by atoms with E-state index in [1.165, 1.54) is 23.1 Å². The molecule has 0 aliphatic carbocycles. The Hall–Kier alpha value is -1.60. The first-order valence-corrected chi connectivity index (χ1v) is 8.27. The summed E-state index contributed by atoms with van der Waals surface area (Å²) < 4.78 is 6.82. The second kappa shape index (κ2) is 7.42. The van der Waals surface area contributed by atoms with Gasteiger partial charge in [-0.25, -0.2) is 4.98 Å². The lowest BCUT2D eigenvalue weighted by Crippen LogP contribution is -2.23. The van der Waals surface area contributed by atoms with Crippen molar-refractivity contribution in [1.82, 2.24) is 4.98 Å². The van der Waals surface area contributed by atoms with Crippen molar-refractivity contribution in [3.05, 3.63) is 24.3 Å². The lowest BCUT2D eigenvalue weighted by atomic mass is 10.1. The van der Waals surface area contributed by atoms with Crippen LogP contribution in [-0.2, 0) is 14.3 Å². The second-order valence-corrected chi connectivity index (χ2v) is 6.60. The molecule has 5 nitrogen and oxygen atoms in total. The van der Waals surface area contributed by atoms with E-state index in [0.717, 1.165) is 14.6 Å². The highest BCUT2D eigenvalue weighted by molar-refractivity contribution is 8.01. The molecular formula is C14H15NO4S2. The fourth-order valence-corrected chi connectivity index (χ4v) is 3.93. The van der Waals surface area contributed by atoms with Crippen LogP contribution in [0.4, 0.5) is 0 Å². The quantitative estimate of drug-likeness (QED) is 0.623. The molecule has 0 spiro atoms. The van der Waals surface area contributed by atoms with Crippen molar-refractivity contribution in [1.29, 1.82) is 0 Å². The minimum atomic E-state index is -1.00. The molecule has 0 aliphatic heterocycles. The number of hydrogen-bond acceptors (Lipinski definition) is 6. The third-order valence-corrected chi connectivity index (χ3v) is 5.07. The Morgan fingerprint density at radius 1 is 1.43 bits per heavy atom. The first-order valence-electron chi connectivity index (χ1n) is 6.47. The Kier molecular flexibility index (Phi) is 5.58. The number of carbonyl (C=O) groups is 2. The number of aromatic nitrogens is 1. The summed E-state index contributed by atoms with van der Waals surface area (Å²) in [4.78, 5) is 27.0. The fourth-order valence-electron chi connectivity index (χ4n) is 1.77. The fraction of sp³-hybridized carbons (Fsp3) is 0.357. The average Bonchev–Trinajstić information content (AvgIpc) is 2.86. The van der Waals surface area contributed by atoms with Gasteiger partial charge in [0.15, 0.2) is 4.34 Å². The number of fused-ring (bicyclic) bond motifs is 1. The highest BCUT2D eigenvalue weighted by atomic mass is 32.2. The molecule has 2 rings (SSSR count). The zero-order valence-corrected chi connectivity index (χ0v) is 13.1. The lowest BCUT2D eigenvalue weighted by molar-refractivity contribution is -0.151. The first kappa shape index (κ1) is 15.8. The van der Waals surface area contributed by atoms with E-state index in [1.807, 2.05) is 24.3 Å². The number of hydrogen-bond donors (Lipinski definition) is 1. The van der Waals surface area contributed by atoms with Gasteiger partial charge in [0.25, 0.3) is 0 Å². The zero-order valence-electron chi connectivity index (χ0n) is 11.4. The number of rotatable bonds is 7. The van der Waals surface area contributed by atoms with E-state index in [2.05, 4.69) is 4.98 Å². The van der Waals surface area contributed by atoms with E-state index in [9.17, 15) is 9.59 Å². The van der Waals surface area contributed by atoms with Gasteiger partial charge in [-0.2, -0.15) is 0 Å². The number of esters is 1. The number of benzene rings is 1. The van der Waals surface area contributed by atoms with Crippen molar-refractivity contribution < 1.29 is 19.4 Å². The summed E-state index contributed by atoms with van der Waals surface area (Å²) in [7, 11) is 0. The van der Waals surface area contributed by atoms with Gasteiger partial charge in [0.05, 0.1) is 29.2 Å². The molecular weight excluding hydrogens is 310 g/mol. The predicted octanol–water partition coefficient (Wildman–Crippen LogP) is 3.04. The van der Waals surface area contributed by atoms with Crippen LogP contribution in [0.2, 0.25) is 0 Å². The number of aliphatic carboxylic acids is 1. The van der Waals surface area contributed by atoms with E-state index in [0.29, 0.717) is 5.75 Å². The molecule has 0 radical (unpaired) electrons. The van der Waals surface area contributed by atoms with E-state index >= 15 is 0 Å². The molecule has 1 aromatic carbocycles. The molecule has 1 heterocycles. The van der Waals surface area contributed by atoms with Crippen LogP contribution in [0.5, 0.6) is 0 Å². The molecule has 1 unspecified atom stereocenters. The van der Waals surface area contributed by atoms with E-state index < -0.39 is 17.9 Å². The van der Waals surface area contributed by atoms with Crippen LogP contribution in [0, 0.1) is 5.92 Å². The third-order valence-electron chi connectivity index (χ3n) is 2.72. The molecule has 0 saturated heterocycles. The summed E-state index contributed by atoms with van der Waals surface area (Å²) in [5.41, 5.74) is 0.913. The smallest absolute Gasteiger partial charge is 0.310 e. The molecule has 2 aromatic rings. The van der Waals surface area contributed by atoms with Crippen LogP contribution in [-0.4, -0.2) is 34.4 Å². The van der Waals surface area contributed by atoms with Crippen molar-refractivity contribution >= 4 is 45.3 Å². The molecule has 7 heteroatoms. The van der Waals surface area contributed by atoms with Crippen LogP contribution in [0.25, 0.3) is 10.2 Å². The maximum atomic E-state index is 11.8. The Labute approximate surface area is 130 Å². The number of thiazole rings is 1. The van der Waals surface area contributed by atoms with Crippen molar-refractivity contribution in [2.24, 2.45) is 5.92 Å². The monoisotopic (exact) mass is 325 g/mol. The Bertz CT molecular complexity index is 608. The Morgan fingerprint density at radius 2 is 2.19 bits per heavy atom. The van der Waals surface area contributed by atoms with Gasteiger partial charge in [0, 0.05) is 5.75 Å². The number of nitrogens with zero attached hydrogens (tertiary/aromatic N) is 1. The summed E-state index contributed by atoms with van der Waals surface area (Å²) in [6.07, 6.45) is -0.225. The Balaban J connectivity index is 2.02. The molecule has 21 heavy (non-hydrogen) atoms. The van der Waals surface area contributed by atoms with E-state index in [4.69, 9.17) is 9.84 Å². The zero-order chi connectivity index (χ0) is 15.2. The molecule has 112 valence electrons. The number of carbonyl (C=O) groups excluding carboxylic acids is 1. The molecule has 0 aliphatic rings. The van der Waals surface area contributed by atoms with E-state index in [-0.39, 0.29) is 13.0 Å². The molecule has 1 N–H and O–H groups in total. The predicted molar refractivity (Wildman–Crippen MR) is 82.7 cm³/mol. The minimum absolute atomic E-state index is 0.225. The van der Waals surface area contributed by atoms with Crippen LogP contribution in [0.1, 0.15) is 13.3 Å². The van der Waals surface area contributed by atoms with Gasteiger partial charge in [-0.15, -0.1) is 11.3 Å². The molecule has 0 bridgehead atoms. The summed E-state index contributed by atoms with van der Waals surface area (Å²) in [6, 6.07) is 7.77. The van der Waals surface area contributed by atoms with Gasteiger partial charge in [-0.3, -0.25) is 9.59 Å². The molecule has 1 atom stereocenters. The standard InChI is InChI=1S/C14H15NO4S2/c1-2-19-13(18)9(7-12(16)17)8-20-14-15-10-5-3-4-6-11(10)21-14/h3-6,9H,2,7-8H2,1H3,(H,16,17). The minimum Gasteiger partial charge on any atom is -0.481 e. The van der Waals surface area contributed by atoms with Gasteiger partial charge < -0.3 is 9.84 Å². The molecule has 0 amide bonds. The van der Waals surface area contributed by atoms with Crippen LogP contribution in [0.3, 0.4) is 0 Å². The van der Waals surface area contributed by atoms with Gasteiger partial charge in [0.2, 0.25) is 0 Å². The van der Waals surface area contributed by atoms with Crippen molar-refractivity contribution in [3.8, 4) is 0 Å². The number of thioether (sulfide) groups is 1. The first-order chi connectivity index (χ1) is 10.1. The number of carboxylic acid groups (broad SMARTS) is 1. The number of para-hydroxylation sites is 1. The highest BCUT2D eigenvalue weighted by Gasteiger charge is 2.23. The maximum Gasteiger partial charge on any atom is 0.310 e. The summed E-state index contributed by atoms with van der Waals surface area (Å²) >= 11 is 2.93. The van der Waals surface area contributed by atoms with Crippen molar-refractivity contribution in [3.63, 3.8) is 0 Å². The molecule has 1 aromatic heterocycles. The van der Waals surface area contributed by atoms with Crippen LogP contribution >= 0.6 is 23.1 Å². The maximum absolute atomic E-state index is 11.8. The van der Waals surface area contributed by atoms with E-state index in [1.54, 1.807) is 6.92 Å². The largest absolute Gasteiger partial charge is 0.481 e. The third kappa shape index (κ3) is 4.44. The second-order valence-electron chi connectivity index (χ2n) is 4.31. The average molecular weight is 325 g/mol. The molecule has 0 fully saturated rings. The van der Waals surface area contributed by atoms with Gasteiger partial charge in [0.1, 0.15) is 0 Å². The summed E-state index contributed by atoms with van der Waals surface area (Å²) in [5.74, 6) is -1.77. The van der Waals surface area contributed by atoms with Crippen LogP contribution in [0.15, 0.2) is 28.6 Å². The van der Waals surface area contributed by atoms with Gasteiger partial charge in [-0.1, -0.05) is 23.9 Å². The van der Waals surface area contributed by atoms with Crippen molar-refractivity contribution in [2.75, 3.05) is 12.4 Å². The lowest BCUT2D eigenvalue weighted by Gasteiger charge is -2.12. The summed E-state index contributed by atoms with van der Waals surface area (Å²) in [5, 5.41) is 8.88.